The van der Waals surface area contributed by atoms with Crippen molar-refractivity contribution in [2.75, 3.05) is 0 Å². The average Bonchev–Trinajstić information content (AvgIpc) is 4.20. The molecule has 1 unspecified atom stereocenters. The number of para-hydroxylation sites is 5. The molecular formula is C69H48N6. The maximum atomic E-state index is 5.85. The normalized spacial score (nSPS) is 14.6. The van der Waals surface area contributed by atoms with Crippen LogP contribution in [0.5, 0.6) is 0 Å². The molecule has 0 radical (unpaired) electrons. The van der Waals surface area contributed by atoms with Crippen molar-refractivity contribution in [2.24, 2.45) is 0 Å². The van der Waals surface area contributed by atoms with Gasteiger partial charge in [-0.3, -0.25) is 0 Å². The largest absolute Gasteiger partial charge is 0.309 e. The molecule has 13 aromatic rings. The highest BCUT2D eigenvalue weighted by Crippen LogP contribution is 2.46. The summed E-state index contributed by atoms with van der Waals surface area (Å²) in [6, 6.07) is 74.5. The lowest BCUT2D eigenvalue weighted by atomic mass is 9.87. The Labute approximate surface area is 433 Å². The van der Waals surface area contributed by atoms with E-state index in [1.165, 1.54) is 43.4 Å². The highest BCUT2D eigenvalue weighted by atomic mass is 15.1. The zero-order chi connectivity index (χ0) is 49.4. The molecule has 0 fully saturated rings. The molecule has 0 spiro atoms. The Morgan fingerprint density at radius 3 is 1.48 bits per heavy atom. The Morgan fingerprint density at radius 2 is 0.867 bits per heavy atom. The summed E-state index contributed by atoms with van der Waals surface area (Å²) < 4.78 is 7.32. The highest BCUT2D eigenvalue weighted by Gasteiger charge is 2.28. The standard InChI is InChI=1S/C69H48N6/c1-4-23-45(24-5-1)48-34-20-41-62(74-57-38-17-12-31-52(57)53-32-13-18-39-58(53)74)65(48)68-70-67(47-27-8-3-9-28-47)71-69(72-68)66-49(46-25-6-2-7-26-46)35-21-42-63(66)75-59-40-19-14-33-54(59)64-60(43-22-44-61(64)75)73-55-36-15-10-29-50(55)51-30-11-16-37-56(51)73/h1,3-6,8-23,25-45H,2,7,24H2. The lowest BCUT2D eigenvalue weighted by molar-refractivity contribution is 0.851. The number of rotatable bonds is 8. The maximum absolute atomic E-state index is 5.85. The van der Waals surface area contributed by atoms with Crippen molar-refractivity contribution >= 4 is 71.0 Å². The number of nitrogens with zero attached hydrogens (tertiary/aromatic N) is 6. The van der Waals surface area contributed by atoms with Gasteiger partial charge in [0.15, 0.2) is 17.5 Å². The van der Waals surface area contributed by atoms with Crippen molar-refractivity contribution in [3.63, 3.8) is 0 Å². The van der Waals surface area contributed by atoms with E-state index in [1.54, 1.807) is 0 Å². The minimum Gasteiger partial charge on any atom is -0.309 e. The molecular weight excluding hydrogens is 913 g/mol. The Morgan fingerprint density at radius 1 is 0.373 bits per heavy atom. The molecule has 4 heterocycles. The Hall–Kier alpha value is -9.65. The average molecular weight is 961 g/mol. The molecule has 2 aliphatic rings. The van der Waals surface area contributed by atoms with Crippen LogP contribution in [0.25, 0.3) is 122 Å². The van der Waals surface area contributed by atoms with Gasteiger partial charge in [0.1, 0.15) is 0 Å². The van der Waals surface area contributed by atoms with E-state index in [4.69, 9.17) is 15.0 Å². The second-order valence-corrected chi connectivity index (χ2v) is 19.7. The minimum atomic E-state index is 0.0974. The first-order chi connectivity index (χ1) is 37.3. The highest BCUT2D eigenvalue weighted by molar-refractivity contribution is 6.17. The summed E-state index contributed by atoms with van der Waals surface area (Å²) in [5, 5.41) is 7.21. The van der Waals surface area contributed by atoms with Gasteiger partial charge in [-0.25, -0.2) is 15.0 Å². The zero-order valence-electron chi connectivity index (χ0n) is 41.1. The van der Waals surface area contributed by atoms with Crippen molar-refractivity contribution in [1.82, 2.24) is 28.7 Å². The first-order valence-electron chi connectivity index (χ1n) is 26.0. The molecule has 6 heteroatoms. The van der Waals surface area contributed by atoms with Gasteiger partial charge in [0.05, 0.1) is 55.7 Å². The molecule has 2 aliphatic carbocycles. The van der Waals surface area contributed by atoms with Crippen LogP contribution in [0.3, 0.4) is 0 Å². The minimum absolute atomic E-state index is 0.0974. The summed E-state index contributed by atoms with van der Waals surface area (Å²) >= 11 is 0. The third-order valence-electron chi connectivity index (χ3n) is 15.5. The molecule has 354 valence electrons. The summed E-state index contributed by atoms with van der Waals surface area (Å²) in [6.45, 7) is 0. The van der Waals surface area contributed by atoms with Gasteiger partial charge in [0, 0.05) is 49.4 Å². The molecule has 6 nitrogen and oxygen atoms in total. The van der Waals surface area contributed by atoms with Gasteiger partial charge in [-0.15, -0.1) is 0 Å². The third kappa shape index (κ3) is 6.83. The van der Waals surface area contributed by atoms with Crippen molar-refractivity contribution in [3.05, 3.63) is 260 Å². The topological polar surface area (TPSA) is 53.5 Å². The number of fused-ring (bicyclic) bond motifs is 9. The maximum Gasteiger partial charge on any atom is 0.166 e. The number of hydrogen-bond acceptors (Lipinski definition) is 3. The molecule has 0 aliphatic heterocycles. The summed E-state index contributed by atoms with van der Waals surface area (Å²) in [7, 11) is 0. The van der Waals surface area contributed by atoms with Crippen molar-refractivity contribution in [2.45, 2.75) is 25.2 Å². The first-order valence-corrected chi connectivity index (χ1v) is 26.0. The second kappa shape index (κ2) is 17.5. The summed E-state index contributed by atoms with van der Waals surface area (Å²) in [6.07, 6.45) is 18.6. The van der Waals surface area contributed by atoms with Crippen molar-refractivity contribution in [3.8, 4) is 51.2 Å². The number of allylic oxidation sites excluding steroid dienone is 8. The van der Waals surface area contributed by atoms with Crippen LogP contribution in [-0.4, -0.2) is 28.7 Å². The van der Waals surface area contributed by atoms with E-state index in [1.807, 2.05) is 0 Å². The molecule has 15 rings (SSSR count). The van der Waals surface area contributed by atoms with Crippen molar-refractivity contribution < 1.29 is 0 Å². The molecule has 0 amide bonds. The van der Waals surface area contributed by atoms with Crippen LogP contribution in [-0.2, 0) is 0 Å². The van der Waals surface area contributed by atoms with Crippen LogP contribution in [0.2, 0.25) is 0 Å². The van der Waals surface area contributed by atoms with Gasteiger partial charge < -0.3 is 13.7 Å². The molecule has 0 saturated heterocycles. The zero-order valence-corrected chi connectivity index (χ0v) is 41.1. The van der Waals surface area contributed by atoms with Gasteiger partial charge in [-0.1, -0.05) is 194 Å². The monoisotopic (exact) mass is 960 g/mol. The first kappa shape index (κ1) is 43.0. The molecule has 75 heavy (non-hydrogen) atoms. The number of aromatic nitrogens is 6. The second-order valence-electron chi connectivity index (χ2n) is 19.7. The van der Waals surface area contributed by atoms with Gasteiger partial charge in [-0.2, -0.15) is 0 Å². The smallest absolute Gasteiger partial charge is 0.166 e. The Balaban J connectivity index is 1.05. The van der Waals surface area contributed by atoms with Gasteiger partial charge in [0.2, 0.25) is 0 Å². The molecule has 4 aromatic heterocycles. The fourth-order valence-electron chi connectivity index (χ4n) is 12.2. The van der Waals surface area contributed by atoms with Crippen molar-refractivity contribution in [1.29, 1.82) is 0 Å². The fraction of sp³-hybridized carbons (Fsp3) is 0.0580. The van der Waals surface area contributed by atoms with Crippen LogP contribution < -0.4 is 0 Å². The number of benzene rings is 9. The molecule has 0 saturated carbocycles. The lowest BCUT2D eigenvalue weighted by Crippen LogP contribution is -2.10. The van der Waals surface area contributed by atoms with E-state index in [-0.39, 0.29) is 5.92 Å². The van der Waals surface area contributed by atoms with E-state index >= 15 is 0 Å². The lowest BCUT2D eigenvalue weighted by Gasteiger charge is -2.23. The van der Waals surface area contributed by atoms with E-state index in [9.17, 15) is 0 Å². The van der Waals surface area contributed by atoms with Gasteiger partial charge in [0.25, 0.3) is 0 Å². The SMILES string of the molecule is C1=CCC(c2cccc(-n3c4ccccc4c4ccccc43)c2-c2nc(-c3ccccc3)nc(-c3c(C4=CCCC=C4)cccc3-n3c4ccccc4c4c(-n5c6ccccc6c6ccccc65)cccc43)n2)C=C1. The van der Waals surface area contributed by atoms with Crippen LogP contribution in [0.1, 0.15) is 36.3 Å². The summed E-state index contributed by atoms with van der Waals surface area (Å²) in [5.41, 5.74) is 16.2. The Bertz CT molecular complexity index is 4470. The molecule has 1 atom stereocenters. The van der Waals surface area contributed by atoms with Crippen LogP contribution >= 0.6 is 0 Å². The number of hydrogen-bond donors (Lipinski definition) is 0. The van der Waals surface area contributed by atoms with E-state index in [2.05, 4.69) is 262 Å². The van der Waals surface area contributed by atoms with E-state index in [0.717, 1.165) is 91.8 Å². The quantitative estimate of drug-likeness (QED) is 0.152. The molecule has 0 N–H and O–H groups in total. The predicted octanol–water partition coefficient (Wildman–Crippen LogP) is 17.5. The molecule has 0 bridgehead atoms. The summed E-state index contributed by atoms with van der Waals surface area (Å²) in [4.78, 5) is 17.1. The fourth-order valence-corrected chi connectivity index (χ4v) is 12.2. The van der Waals surface area contributed by atoms with Gasteiger partial charge >= 0.3 is 0 Å². The van der Waals surface area contributed by atoms with E-state index < -0.39 is 0 Å². The third-order valence-corrected chi connectivity index (χ3v) is 15.5. The van der Waals surface area contributed by atoms with E-state index in [0.29, 0.717) is 17.5 Å². The van der Waals surface area contributed by atoms with Crippen LogP contribution in [0, 0.1) is 0 Å². The summed E-state index contributed by atoms with van der Waals surface area (Å²) in [5.74, 6) is 1.94. The van der Waals surface area contributed by atoms with Gasteiger partial charge in [-0.05, 0) is 90.6 Å². The Kier molecular flexibility index (Phi) is 10.0. The van der Waals surface area contributed by atoms with Crippen LogP contribution in [0.4, 0.5) is 0 Å². The predicted molar refractivity (Wildman–Crippen MR) is 311 cm³/mol. The molecule has 9 aromatic carbocycles. The van der Waals surface area contributed by atoms with Crippen LogP contribution in [0.15, 0.2) is 249 Å².